The second-order valence-corrected chi connectivity index (χ2v) is 8.40. The summed E-state index contributed by atoms with van der Waals surface area (Å²) in [5.74, 6) is 0.459. The molecule has 0 amide bonds. The molecule has 1 aliphatic heterocycles. The average molecular weight is 416 g/mol. The molecule has 154 valence electrons. The Labute approximate surface area is 158 Å². The molecule has 3 heterocycles. The second-order valence-electron chi connectivity index (χ2n) is 7.16. The Hall–Kier alpha value is -1.86. The van der Waals surface area contributed by atoms with E-state index in [2.05, 4.69) is 24.8 Å². The lowest BCUT2D eigenvalue weighted by Gasteiger charge is -2.27. The summed E-state index contributed by atoms with van der Waals surface area (Å²) in [4.78, 5) is 30.3. The van der Waals surface area contributed by atoms with Crippen LogP contribution in [0.15, 0.2) is 6.33 Å². The van der Waals surface area contributed by atoms with Crippen molar-refractivity contribution in [3.63, 3.8) is 0 Å². The van der Waals surface area contributed by atoms with Gasteiger partial charge in [0.2, 0.25) is 5.95 Å². The molecule has 4 rings (SSSR count). The average Bonchev–Trinajstić information content (AvgIpc) is 3.25. The van der Waals surface area contributed by atoms with Crippen molar-refractivity contribution in [1.82, 2.24) is 19.5 Å². The lowest BCUT2D eigenvalue weighted by Crippen LogP contribution is -2.44. The number of hydrogen-bond acceptors (Lipinski definition) is 10. The van der Waals surface area contributed by atoms with Gasteiger partial charge in [-0.1, -0.05) is 0 Å². The van der Waals surface area contributed by atoms with Crippen molar-refractivity contribution < 1.29 is 33.8 Å². The first-order chi connectivity index (χ1) is 13.1. The summed E-state index contributed by atoms with van der Waals surface area (Å²) in [5, 5.41) is 24.4. The summed E-state index contributed by atoms with van der Waals surface area (Å²) in [6.07, 6.45) is -0.423. The van der Waals surface area contributed by atoms with Gasteiger partial charge in [-0.05, 0) is 19.8 Å². The van der Waals surface area contributed by atoms with E-state index in [9.17, 15) is 14.8 Å². The van der Waals surface area contributed by atoms with Crippen molar-refractivity contribution in [2.24, 2.45) is 0 Å². The van der Waals surface area contributed by atoms with Gasteiger partial charge in [-0.15, -0.1) is 0 Å². The van der Waals surface area contributed by atoms with E-state index in [4.69, 9.17) is 20.3 Å². The molecule has 2 fully saturated rings. The van der Waals surface area contributed by atoms with Crippen molar-refractivity contribution >= 4 is 30.8 Å². The molecule has 1 saturated heterocycles. The van der Waals surface area contributed by atoms with Crippen LogP contribution in [0.5, 0.6) is 0 Å². The van der Waals surface area contributed by atoms with Crippen molar-refractivity contribution in [3.05, 3.63) is 6.33 Å². The first-order valence-electron chi connectivity index (χ1n) is 8.59. The summed E-state index contributed by atoms with van der Waals surface area (Å²) in [6, 6.07) is 0.296. The minimum Gasteiger partial charge on any atom is -0.387 e. The molecule has 0 spiro atoms. The number of aliphatic hydroxyl groups is 2. The molecule has 1 aliphatic carbocycles. The Bertz CT molecular complexity index is 942. The number of rotatable bonds is 6. The normalized spacial score (nSPS) is 30.8. The Kier molecular flexibility index (Phi) is 4.58. The number of anilines is 2. The van der Waals surface area contributed by atoms with Crippen molar-refractivity contribution in [3.8, 4) is 0 Å². The van der Waals surface area contributed by atoms with Gasteiger partial charge in [0.05, 0.1) is 12.9 Å². The van der Waals surface area contributed by atoms with Gasteiger partial charge in [0.1, 0.15) is 17.8 Å². The second kappa shape index (κ2) is 6.59. The third-order valence-corrected chi connectivity index (χ3v) is 5.26. The quantitative estimate of drug-likeness (QED) is 0.318. The number of nitrogen functional groups attached to an aromatic ring is 1. The molecule has 0 aromatic carbocycles. The molecule has 4 atom stereocenters. The molecular formula is C14H21N6O7P. The molecule has 13 nitrogen and oxygen atoms in total. The molecule has 2 aromatic rings. The van der Waals surface area contributed by atoms with Crippen molar-refractivity contribution in [1.29, 1.82) is 0 Å². The smallest absolute Gasteiger partial charge is 0.387 e. The van der Waals surface area contributed by atoms with Gasteiger partial charge in [0, 0.05) is 6.04 Å². The number of fused-ring (bicyclic) bond motifs is 1. The Morgan fingerprint density at radius 1 is 1.46 bits per heavy atom. The van der Waals surface area contributed by atoms with E-state index in [1.165, 1.54) is 17.8 Å². The highest BCUT2D eigenvalue weighted by Gasteiger charge is 2.54. The van der Waals surface area contributed by atoms with Crippen LogP contribution in [0.3, 0.4) is 0 Å². The number of aliphatic hydroxyl groups excluding tert-OH is 1. The summed E-state index contributed by atoms with van der Waals surface area (Å²) in [5.41, 5.74) is 4.69. The van der Waals surface area contributed by atoms with Gasteiger partial charge in [0.25, 0.3) is 0 Å². The maximum Gasteiger partial charge on any atom is 0.469 e. The number of imidazole rings is 1. The van der Waals surface area contributed by atoms with Crippen molar-refractivity contribution in [2.45, 2.75) is 49.8 Å². The van der Waals surface area contributed by atoms with Crippen LogP contribution in [0.1, 0.15) is 26.0 Å². The van der Waals surface area contributed by atoms with Crippen LogP contribution in [0.4, 0.5) is 11.8 Å². The maximum absolute atomic E-state index is 10.9. The Balaban J connectivity index is 1.67. The highest BCUT2D eigenvalue weighted by molar-refractivity contribution is 7.46. The monoisotopic (exact) mass is 416 g/mol. The number of aromatic nitrogens is 4. The zero-order valence-corrected chi connectivity index (χ0v) is 15.7. The minimum absolute atomic E-state index is 0.00280. The SMILES string of the molecule is CC1(O)C(O)[C@@H](COP(=O)(O)O)O[C@H]1n1cnc2c(NC3CC3)nc(N)nc21. The predicted octanol–water partition coefficient (Wildman–Crippen LogP) is -0.899. The van der Waals surface area contributed by atoms with E-state index in [1.807, 2.05) is 0 Å². The van der Waals surface area contributed by atoms with Crippen LogP contribution < -0.4 is 11.1 Å². The zero-order chi connectivity index (χ0) is 20.3. The van der Waals surface area contributed by atoms with Crippen LogP contribution in [0, 0.1) is 0 Å². The molecular weight excluding hydrogens is 395 g/mol. The highest BCUT2D eigenvalue weighted by atomic mass is 31.2. The fraction of sp³-hybridized carbons (Fsp3) is 0.643. The number of nitrogens with zero attached hydrogens (tertiary/aromatic N) is 4. The third-order valence-electron chi connectivity index (χ3n) is 4.77. The summed E-state index contributed by atoms with van der Waals surface area (Å²) in [6.45, 7) is 0.718. The van der Waals surface area contributed by atoms with Crippen LogP contribution in [0.2, 0.25) is 0 Å². The van der Waals surface area contributed by atoms with Crippen LogP contribution >= 0.6 is 7.82 Å². The molecule has 0 bridgehead atoms. The molecule has 0 radical (unpaired) electrons. The minimum atomic E-state index is -4.76. The first-order valence-corrected chi connectivity index (χ1v) is 10.1. The first kappa shape index (κ1) is 19.5. The van der Waals surface area contributed by atoms with E-state index in [1.54, 1.807) is 0 Å². The van der Waals surface area contributed by atoms with Gasteiger partial charge in [-0.25, -0.2) is 9.55 Å². The Morgan fingerprint density at radius 2 is 2.18 bits per heavy atom. The van der Waals surface area contributed by atoms with E-state index in [-0.39, 0.29) is 11.6 Å². The molecule has 2 aromatic heterocycles. The number of hydrogen-bond donors (Lipinski definition) is 6. The number of ether oxygens (including phenoxy) is 1. The van der Waals surface area contributed by atoms with E-state index >= 15 is 0 Å². The molecule has 1 saturated carbocycles. The number of phosphoric acid groups is 1. The highest BCUT2D eigenvalue weighted by Crippen LogP contribution is 2.43. The fourth-order valence-corrected chi connectivity index (χ4v) is 3.52. The number of phosphoric ester groups is 1. The molecule has 28 heavy (non-hydrogen) atoms. The van der Waals surface area contributed by atoms with Crippen LogP contribution in [0.25, 0.3) is 11.2 Å². The van der Waals surface area contributed by atoms with Crippen LogP contribution in [-0.4, -0.2) is 70.0 Å². The fourth-order valence-electron chi connectivity index (χ4n) is 3.17. The third kappa shape index (κ3) is 3.57. The van der Waals surface area contributed by atoms with Gasteiger partial charge in [-0.3, -0.25) is 9.09 Å². The topological polar surface area (TPSA) is 198 Å². The summed E-state index contributed by atoms with van der Waals surface area (Å²) in [7, 11) is -4.76. The van der Waals surface area contributed by atoms with Gasteiger partial charge in [-0.2, -0.15) is 9.97 Å². The molecule has 7 N–H and O–H groups in total. The molecule has 14 heteroatoms. The Morgan fingerprint density at radius 3 is 2.82 bits per heavy atom. The van der Waals surface area contributed by atoms with E-state index < -0.39 is 38.5 Å². The van der Waals surface area contributed by atoms with Gasteiger partial charge >= 0.3 is 7.82 Å². The maximum atomic E-state index is 10.9. The standard InChI is InChI=1S/C14H21N6O7P/c1-14(22)9(21)7(4-26-28(23,24)25)27-12(14)20-5-16-8-10(17-6-2-3-6)18-13(15)19-11(8)20/h5-7,9,12,21-22H,2-4H2,1H3,(H2,23,24,25)(H3,15,17,18,19)/t7-,9?,12-,14?/m1/s1. The van der Waals surface area contributed by atoms with E-state index in [0.717, 1.165) is 12.8 Å². The molecule has 2 unspecified atom stereocenters. The summed E-state index contributed by atoms with van der Waals surface area (Å²) < 4.78 is 22.4. The number of nitrogens with two attached hydrogens (primary N) is 1. The number of nitrogens with one attached hydrogen (secondary N) is 1. The predicted molar refractivity (Wildman–Crippen MR) is 94.9 cm³/mol. The van der Waals surface area contributed by atoms with E-state index in [0.29, 0.717) is 17.4 Å². The van der Waals surface area contributed by atoms with Crippen LogP contribution in [-0.2, 0) is 13.8 Å². The van der Waals surface area contributed by atoms with Gasteiger partial charge in [0.15, 0.2) is 23.2 Å². The zero-order valence-electron chi connectivity index (χ0n) is 14.8. The lowest BCUT2D eigenvalue weighted by atomic mass is 9.96. The largest absolute Gasteiger partial charge is 0.469 e. The molecule has 2 aliphatic rings. The lowest BCUT2D eigenvalue weighted by molar-refractivity contribution is -0.0949. The summed E-state index contributed by atoms with van der Waals surface area (Å²) >= 11 is 0. The van der Waals surface area contributed by atoms with Crippen molar-refractivity contribution in [2.75, 3.05) is 17.7 Å². The van der Waals surface area contributed by atoms with Gasteiger partial charge < -0.3 is 35.8 Å².